The summed E-state index contributed by atoms with van der Waals surface area (Å²) in [6.07, 6.45) is 1.65. The summed E-state index contributed by atoms with van der Waals surface area (Å²) in [4.78, 5) is 13.1. The molecule has 1 aliphatic heterocycles. The van der Waals surface area contributed by atoms with Crippen LogP contribution in [0.3, 0.4) is 0 Å². The van der Waals surface area contributed by atoms with Crippen LogP contribution >= 0.6 is 11.3 Å². The Morgan fingerprint density at radius 2 is 1.93 bits per heavy atom. The van der Waals surface area contributed by atoms with Crippen molar-refractivity contribution < 1.29 is 13.2 Å². The first-order valence-electron chi connectivity index (χ1n) is 8.97. The third-order valence-corrected chi connectivity index (χ3v) is 5.86. The van der Waals surface area contributed by atoms with Crippen molar-refractivity contribution in [2.45, 2.75) is 12.5 Å². The molecule has 148 valence electrons. The first-order valence-corrected chi connectivity index (χ1v) is 11.8. The minimum atomic E-state index is -3.38. The molecule has 2 aromatic carbocycles. The number of carbonyl (C=O) groups excluding carboxylic acids is 1. The fourth-order valence-corrected chi connectivity index (χ4v) is 4.49. The van der Waals surface area contributed by atoms with Gasteiger partial charge < -0.3 is 0 Å². The Balaban J connectivity index is 1.70. The number of hydrazone groups is 1. The molecule has 0 aliphatic carbocycles. The van der Waals surface area contributed by atoms with Gasteiger partial charge >= 0.3 is 0 Å². The summed E-state index contributed by atoms with van der Waals surface area (Å²) in [6.45, 7) is 0. The second kappa shape index (κ2) is 7.81. The van der Waals surface area contributed by atoms with Gasteiger partial charge in [0.15, 0.2) is 0 Å². The van der Waals surface area contributed by atoms with Gasteiger partial charge in [0.05, 0.1) is 23.6 Å². The molecule has 0 unspecified atom stereocenters. The van der Waals surface area contributed by atoms with Crippen LogP contribution in [-0.2, 0) is 10.0 Å². The maximum Gasteiger partial charge on any atom is 0.275 e. The molecule has 8 heteroatoms. The van der Waals surface area contributed by atoms with Gasteiger partial charge in [-0.3, -0.25) is 9.52 Å². The van der Waals surface area contributed by atoms with E-state index in [2.05, 4.69) is 9.82 Å². The van der Waals surface area contributed by atoms with Gasteiger partial charge in [-0.1, -0.05) is 42.5 Å². The van der Waals surface area contributed by atoms with Crippen LogP contribution in [0.4, 0.5) is 5.69 Å². The highest BCUT2D eigenvalue weighted by Crippen LogP contribution is 2.34. The normalized spacial score (nSPS) is 16.5. The standard InChI is InChI=1S/C21H19N3O3S2/c1-29(26,27)23-18-9-5-8-16(12-18)19-13-20(15-6-3-2-4-7-15)24(22-19)21(25)17-10-11-28-14-17/h2-12,14,20,23H,13H2,1H3/t20-/m0/s1. The predicted molar refractivity (Wildman–Crippen MR) is 116 cm³/mol. The average Bonchev–Trinajstić information content (AvgIpc) is 3.37. The monoisotopic (exact) mass is 425 g/mol. The zero-order valence-electron chi connectivity index (χ0n) is 15.6. The van der Waals surface area contributed by atoms with Crippen LogP contribution in [0.5, 0.6) is 0 Å². The number of benzene rings is 2. The molecule has 1 amide bonds. The highest BCUT2D eigenvalue weighted by Gasteiger charge is 2.33. The van der Waals surface area contributed by atoms with E-state index in [1.807, 2.05) is 47.2 Å². The molecule has 3 aromatic rings. The molecule has 1 aromatic heterocycles. The molecule has 1 N–H and O–H groups in total. The fraction of sp³-hybridized carbons (Fsp3) is 0.143. The number of thiophene rings is 1. The van der Waals surface area contributed by atoms with Crippen LogP contribution in [0, 0.1) is 0 Å². The van der Waals surface area contributed by atoms with Gasteiger partial charge in [-0.15, -0.1) is 0 Å². The topological polar surface area (TPSA) is 78.8 Å². The zero-order chi connectivity index (χ0) is 20.4. The van der Waals surface area contributed by atoms with Gasteiger partial charge in [0, 0.05) is 17.5 Å². The van der Waals surface area contributed by atoms with Crippen molar-refractivity contribution in [2.75, 3.05) is 11.0 Å². The molecule has 1 aliphatic rings. The number of amides is 1. The van der Waals surface area contributed by atoms with Crippen molar-refractivity contribution in [2.24, 2.45) is 5.10 Å². The van der Waals surface area contributed by atoms with Crippen molar-refractivity contribution in [1.29, 1.82) is 0 Å². The van der Waals surface area contributed by atoms with Crippen molar-refractivity contribution in [1.82, 2.24) is 5.01 Å². The van der Waals surface area contributed by atoms with Gasteiger partial charge in [0.2, 0.25) is 10.0 Å². The van der Waals surface area contributed by atoms with E-state index in [-0.39, 0.29) is 11.9 Å². The van der Waals surface area contributed by atoms with Gasteiger partial charge in [-0.25, -0.2) is 13.4 Å². The molecule has 2 heterocycles. The van der Waals surface area contributed by atoms with Crippen LogP contribution in [0.25, 0.3) is 0 Å². The number of hydrogen-bond donors (Lipinski definition) is 1. The Morgan fingerprint density at radius 3 is 2.62 bits per heavy atom. The van der Waals surface area contributed by atoms with E-state index in [9.17, 15) is 13.2 Å². The van der Waals surface area contributed by atoms with Crippen molar-refractivity contribution in [3.63, 3.8) is 0 Å². The van der Waals surface area contributed by atoms with Gasteiger partial charge in [0.1, 0.15) is 0 Å². The highest BCUT2D eigenvalue weighted by atomic mass is 32.2. The molecule has 0 saturated heterocycles. The second-order valence-electron chi connectivity index (χ2n) is 6.79. The molecule has 29 heavy (non-hydrogen) atoms. The Hall–Kier alpha value is -2.97. The summed E-state index contributed by atoms with van der Waals surface area (Å²) in [5.74, 6) is -0.152. The molecule has 0 spiro atoms. The van der Waals surface area contributed by atoms with E-state index >= 15 is 0 Å². The average molecular weight is 426 g/mol. The number of rotatable bonds is 5. The molecule has 0 radical (unpaired) electrons. The van der Waals surface area contributed by atoms with E-state index in [4.69, 9.17) is 0 Å². The minimum Gasteiger partial charge on any atom is -0.284 e. The lowest BCUT2D eigenvalue weighted by atomic mass is 9.98. The van der Waals surface area contributed by atoms with E-state index in [1.165, 1.54) is 16.3 Å². The summed E-state index contributed by atoms with van der Waals surface area (Å²) >= 11 is 1.47. The van der Waals surface area contributed by atoms with Crippen LogP contribution in [0.15, 0.2) is 76.5 Å². The summed E-state index contributed by atoms with van der Waals surface area (Å²) in [5.41, 5.74) is 3.58. The molecule has 0 bridgehead atoms. The predicted octanol–water partition coefficient (Wildman–Crippen LogP) is 4.11. The molecular formula is C21H19N3O3S2. The molecule has 0 fully saturated rings. The minimum absolute atomic E-state index is 0.152. The molecule has 0 saturated carbocycles. The Kier molecular flexibility index (Phi) is 5.21. The Bertz CT molecular complexity index is 1160. The number of nitrogens with zero attached hydrogens (tertiary/aromatic N) is 2. The van der Waals surface area contributed by atoms with Crippen LogP contribution in [0.2, 0.25) is 0 Å². The molecular weight excluding hydrogens is 406 g/mol. The lowest BCUT2D eigenvalue weighted by molar-refractivity contribution is 0.0712. The van der Waals surface area contributed by atoms with Gasteiger partial charge in [-0.05, 0) is 34.7 Å². The summed E-state index contributed by atoms with van der Waals surface area (Å²) in [7, 11) is -3.38. The second-order valence-corrected chi connectivity index (χ2v) is 9.32. The van der Waals surface area contributed by atoms with E-state index in [0.29, 0.717) is 17.7 Å². The van der Waals surface area contributed by atoms with Crippen LogP contribution in [0.1, 0.15) is 33.9 Å². The quantitative estimate of drug-likeness (QED) is 0.668. The maximum atomic E-state index is 13.1. The molecule has 1 atom stereocenters. The first kappa shape index (κ1) is 19.4. The summed E-state index contributed by atoms with van der Waals surface area (Å²) in [5, 5.41) is 9.85. The number of hydrogen-bond acceptors (Lipinski definition) is 5. The number of sulfonamides is 1. The van der Waals surface area contributed by atoms with E-state index in [1.54, 1.807) is 24.3 Å². The van der Waals surface area contributed by atoms with Gasteiger partial charge in [0.25, 0.3) is 5.91 Å². The van der Waals surface area contributed by atoms with Gasteiger partial charge in [-0.2, -0.15) is 16.4 Å². The number of carbonyl (C=O) groups is 1. The number of nitrogens with one attached hydrogen (secondary N) is 1. The third-order valence-electron chi connectivity index (χ3n) is 4.57. The third kappa shape index (κ3) is 4.38. The fourth-order valence-electron chi connectivity index (χ4n) is 3.30. The Morgan fingerprint density at radius 1 is 1.14 bits per heavy atom. The number of anilines is 1. The molecule has 6 nitrogen and oxygen atoms in total. The largest absolute Gasteiger partial charge is 0.284 e. The first-order chi connectivity index (χ1) is 13.9. The smallest absolute Gasteiger partial charge is 0.275 e. The van der Waals surface area contributed by atoms with Crippen LogP contribution in [-0.4, -0.2) is 31.3 Å². The SMILES string of the molecule is CS(=O)(=O)Nc1cccc(C2=NN(C(=O)c3ccsc3)[C@H](c3ccccc3)C2)c1. The Labute approximate surface area is 173 Å². The van der Waals surface area contributed by atoms with E-state index in [0.717, 1.165) is 23.1 Å². The van der Waals surface area contributed by atoms with Crippen molar-refractivity contribution >= 4 is 38.7 Å². The molecule has 4 rings (SSSR count). The summed E-state index contributed by atoms with van der Waals surface area (Å²) in [6, 6.07) is 18.4. The van der Waals surface area contributed by atoms with Crippen molar-refractivity contribution in [3.8, 4) is 0 Å². The van der Waals surface area contributed by atoms with Crippen LogP contribution < -0.4 is 4.72 Å². The lowest BCUT2D eigenvalue weighted by Gasteiger charge is -2.21. The van der Waals surface area contributed by atoms with E-state index < -0.39 is 10.0 Å². The zero-order valence-corrected chi connectivity index (χ0v) is 17.3. The lowest BCUT2D eigenvalue weighted by Crippen LogP contribution is -2.26. The van der Waals surface area contributed by atoms with Crippen molar-refractivity contribution in [3.05, 3.63) is 88.1 Å². The maximum absolute atomic E-state index is 13.1. The summed E-state index contributed by atoms with van der Waals surface area (Å²) < 4.78 is 25.6. The highest BCUT2D eigenvalue weighted by molar-refractivity contribution is 7.92.